The van der Waals surface area contributed by atoms with Crippen LogP contribution in [0.5, 0.6) is 0 Å². The molecular formula is C29H24Cl2N4O5. The first kappa shape index (κ1) is 28.4. The fraction of sp³-hybridized carbons (Fsp3) is 0.103. The Balaban J connectivity index is 1.59. The van der Waals surface area contributed by atoms with Gasteiger partial charge in [0, 0.05) is 22.3 Å². The Morgan fingerprint density at radius 2 is 1.77 bits per heavy atom. The third kappa shape index (κ3) is 7.28. The van der Waals surface area contributed by atoms with Gasteiger partial charge in [0.2, 0.25) is 5.91 Å². The molecule has 0 fully saturated rings. The van der Waals surface area contributed by atoms with Gasteiger partial charge in [-0.2, -0.15) is 0 Å². The van der Waals surface area contributed by atoms with E-state index in [1.54, 1.807) is 24.3 Å². The minimum absolute atomic E-state index is 0.0181. The molecule has 0 radical (unpaired) electrons. The normalized spacial score (nSPS) is 11.7. The summed E-state index contributed by atoms with van der Waals surface area (Å²) < 4.78 is 4.60. The van der Waals surface area contributed by atoms with Gasteiger partial charge in [0.15, 0.2) is 0 Å². The predicted octanol–water partition coefficient (Wildman–Crippen LogP) is 6.37. The number of imidazole rings is 1. The molecule has 3 aromatic carbocycles. The SMILES string of the molecule is COC(=O)Nc1ccc(-c2nc([C@H](Cc3ccccc3)NC(=O)/C=C/c3cc(Cl)ccc3C(=O)O)[nH]c2Cl)cc1. The number of halogens is 2. The van der Waals surface area contributed by atoms with Crippen molar-refractivity contribution in [3.05, 3.63) is 112 Å². The van der Waals surface area contributed by atoms with Crippen molar-refractivity contribution >= 4 is 52.9 Å². The number of rotatable bonds is 9. The van der Waals surface area contributed by atoms with Gasteiger partial charge in [-0.3, -0.25) is 10.1 Å². The molecule has 0 unspecified atom stereocenters. The van der Waals surface area contributed by atoms with E-state index in [0.29, 0.717) is 39.8 Å². The monoisotopic (exact) mass is 578 g/mol. The van der Waals surface area contributed by atoms with Gasteiger partial charge < -0.3 is 20.1 Å². The summed E-state index contributed by atoms with van der Waals surface area (Å²) in [6.07, 6.45) is 2.46. The first-order chi connectivity index (χ1) is 19.2. The molecule has 1 atom stereocenters. The molecule has 0 saturated heterocycles. The maximum Gasteiger partial charge on any atom is 0.411 e. The van der Waals surface area contributed by atoms with Crippen molar-refractivity contribution in [1.82, 2.24) is 15.3 Å². The molecule has 0 aliphatic carbocycles. The molecule has 0 saturated carbocycles. The quantitative estimate of drug-likeness (QED) is 0.170. The second-order valence-electron chi connectivity index (χ2n) is 8.60. The summed E-state index contributed by atoms with van der Waals surface area (Å²) in [6.45, 7) is 0. The molecule has 0 bridgehead atoms. The summed E-state index contributed by atoms with van der Waals surface area (Å²) in [5.41, 5.74) is 2.96. The van der Waals surface area contributed by atoms with Crippen molar-refractivity contribution in [1.29, 1.82) is 0 Å². The molecule has 4 N–H and O–H groups in total. The number of ether oxygens (including phenoxy) is 1. The van der Waals surface area contributed by atoms with E-state index in [4.69, 9.17) is 23.2 Å². The standard InChI is InChI=1S/C29H24Cl2N4O5/c1-40-29(39)32-21-11-7-18(8-12-21)25-26(31)35-27(34-25)23(15-17-5-3-2-4-6-17)33-24(36)14-9-19-16-20(30)10-13-22(19)28(37)38/h2-14,16,23H,15H2,1H3,(H,32,39)(H,33,36)(H,34,35)(H,37,38)/b14-9+/t23-/m0/s1. The van der Waals surface area contributed by atoms with Crippen LogP contribution in [-0.2, 0) is 16.0 Å². The van der Waals surface area contributed by atoms with Crippen LogP contribution in [0.1, 0.15) is 33.4 Å². The lowest BCUT2D eigenvalue weighted by Crippen LogP contribution is -2.29. The fourth-order valence-electron chi connectivity index (χ4n) is 3.92. The van der Waals surface area contributed by atoms with Crippen LogP contribution in [0, 0.1) is 0 Å². The maximum absolute atomic E-state index is 13.0. The highest BCUT2D eigenvalue weighted by atomic mass is 35.5. The smallest absolute Gasteiger partial charge is 0.411 e. The predicted molar refractivity (Wildman–Crippen MR) is 154 cm³/mol. The highest BCUT2D eigenvalue weighted by Gasteiger charge is 2.21. The third-order valence-corrected chi connectivity index (χ3v) is 6.36. The number of H-pyrrole nitrogens is 1. The van der Waals surface area contributed by atoms with Gasteiger partial charge >= 0.3 is 12.1 Å². The van der Waals surface area contributed by atoms with Gasteiger partial charge in [0.25, 0.3) is 0 Å². The van der Waals surface area contributed by atoms with Gasteiger partial charge in [0.05, 0.1) is 18.7 Å². The third-order valence-electron chi connectivity index (χ3n) is 5.86. The maximum atomic E-state index is 13.0. The summed E-state index contributed by atoms with van der Waals surface area (Å²) in [7, 11) is 1.28. The van der Waals surface area contributed by atoms with Gasteiger partial charge in [-0.15, -0.1) is 0 Å². The number of nitrogens with one attached hydrogen (secondary N) is 3. The highest BCUT2D eigenvalue weighted by Crippen LogP contribution is 2.29. The van der Waals surface area contributed by atoms with Crippen molar-refractivity contribution in [2.24, 2.45) is 0 Å². The minimum Gasteiger partial charge on any atom is -0.478 e. The molecule has 0 spiro atoms. The summed E-state index contributed by atoms with van der Waals surface area (Å²) >= 11 is 12.5. The molecule has 9 nitrogen and oxygen atoms in total. The number of amides is 2. The fourth-order valence-corrected chi connectivity index (χ4v) is 4.35. The molecule has 4 rings (SSSR count). The lowest BCUT2D eigenvalue weighted by molar-refractivity contribution is -0.117. The minimum atomic E-state index is -1.13. The van der Waals surface area contributed by atoms with Crippen molar-refractivity contribution < 1.29 is 24.2 Å². The number of hydrogen-bond acceptors (Lipinski definition) is 5. The van der Waals surface area contributed by atoms with Gasteiger partial charge in [-0.25, -0.2) is 14.6 Å². The molecule has 2 amide bonds. The summed E-state index contributed by atoms with van der Waals surface area (Å²) in [4.78, 5) is 43.7. The number of carboxylic acids is 1. The van der Waals surface area contributed by atoms with Crippen molar-refractivity contribution in [2.45, 2.75) is 12.5 Å². The first-order valence-corrected chi connectivity index (χ1v) is 12.7. The summed E-state index contributed by atoms with van der Waals surface area (Å²) in [5, 5.41) is 15.6. The Hall–Kier alpha value is -4.60. The second kappa shape index (κ2) is 13.0. The highest BCUT2D eigenvalue weighted by molar-refractivity contribution is 6.32. The van der Waals surface area contributed by atoms with Crippen molar-refractivity contribution in [3.63, 3.8) is 0 Å². The number of nitrogens with zero attached hydrogens (tertiary/aromatic N) is 1. The lowest BCUT2D eigenvalue weighted by atomic mass is 10.0. The van der Waals surface area contributed by atoms with Crippen LogP contribution in [0.3, 0.4) is 0 Å². The van der Waals surface area contributed by atoms with E-state index in [1.807, 2.05) is 30.3 Å². The zero-order valence-electron chi connectivity index (χ0n) is 21.2. The van der Waals surface area contributed by atoms with Gasteiger partial charge in [-0.1, -0.05) is 65.7 Å². The molecule has 4 aromatic rings. The Morgan fingerprint density at radius 1 is 1.05 bits per heavy atom. The average molecular weight is 579 g/mol. The Kier molecular flexibility index (Phi) is 9.21. The zero-order valence-corrected chi connectivity index (χ0v) is 22.7. The number of benzene rings is 3. The zero-order chi connectivity index (χ0) is 28.6. The largest absolute Gasteiger partial charge is 0.478 e. The van der Waals surface area contributed by atoms with E-state index in [0.717, 1.165) is 5.56 Å². The number of aromatic nitrogens is 2. The number of carboxylic acid groups (broad SMARTS) is 1. The molecule has 0 aliphatic heterocycles. The van der Waals surface area contributed by atoms with Crippen LogP contribution in [0.2, 0.25) is 10.2 Å². The Labute approximate surface area is 239 Å². The number of aromatic amines is 1. The molecule has 11 heteroatoms. The van der Waals surface area contributed by atoms with E-state index in [2.05, 4.69) is 25.3 Å². The lowest BCUT2D eigenvalue weighted by Gasteiger charge is -2.16. The van der Waals surface area contributed by atoms with Crippen molar-refractivity contribution in [3.8, 4) is 11.3 Å². The number of hydrogen-bond donors (Lipinski definition) is 4. The number of carbonyl (C=O) groups excluding carboxylic acids is 2. The van der Waals surface area contributed by atoms with E-state index in [9.17, 15) is 19.5 Å². The van der Waals surface area contributed by atoms with Gasteiger partial charge in [0.1, 0.15) is 16.7 Å². The topological polar surface area (TPSA) is 133 Å². The van der Waals surface area contributed by atoms with Crippen molar-refractivity contribution in [2.75, 3.05) is 12.4 Å². The van der Waals surface area contributed by atoms with Crippen LogP contribution in [0.15, 0.2) is 78.9 Å². The molecule has 1 heterocycles. The van der Waals surface area contributed by atoms with E-state index in [-0.39, 0.29) is 10.7 Å². The van der Waals surface area contributed by atoms with E-state index >= 15 is 0 Å². The molecule has 0 aliphatic rings. The molecule has 40 heavy (non-hydrogen) atoms. The summed E-state index contributed by atoms with van der Waals surface area (Å²) in [6, 6.07) is 20.1. The number of methoxy groups -OCH3 is 1. The van der Waals surface area contributed by atoms with Crippen LogP contribution < -0.4 is 10.6 Å². The molecule has 204 valence electrons. The van der Waals surface area contributed by atoms with E-state index in [1.165, 1.54) is 37.5 Å². The summed E-state index contributed by atoms with van der Waals surface area (Å²) in [5.74, 6) is -1.17. The Bertz CT molecular complexity index is 1550. The molecular weight excluding hydrogens is 555 g/mol. The van der Waals surface area contributed by atoms with Gasteiger partial charge in [-0.05, 0) is 54.0 Å². The average Bonchev–Trinajstić information content (AvgIpc) is 3.33. The van der Waals surface area contributed by atoms with Crippen LogP contribution in [0.4, 0.5) is 10.5 Å². The second-order valence-corrected chi connectivity index (χ2v) is 9.41. The Morgan fingerprint density at radius 3 is 2.45 bits per heavy atom. The first-order valence-electron chi connectivity index (χ1n) is 12.0. The molecule has 1 aromatic heterocycles. The van der Waals surface area contributed by atoms with E-state index < -0.39 is 24.0 Å². The van der Waals surface area contributed by atoms with Crippen LogP contribution in [-0.4, -0.2) is 40.2 Å². The number of aromatic carboxylic acids is 1. The van der Waals surface area contributed by atoms with Crippen LogP contribution in [0.25, 0.3) is 17.3 Å². The number of anilines is 1. The van der Waals surface area contributed by atoms with Crippen LogP contribution >= 0.6 is 23.2 Å². The number of carbonyl (C=O) groups is 3.